The van der Waals surface area contributed by atoms with E-state index in [2.05, 4.69) is 11.9 Å². The summed E-state index contributed by atoms with van der Waals surface area (Å²) in [7, 11) is 0. The number of aliphatic carboxylic acids is 1. The van der Waals surface area contributed by atoms with E-state index in [9.17, 15) is 14.7 Å². The van der Waals surface area contributed by atoms with E-state index < -0.39 is 11.9 Å². The van der Waals surface area contributed by atoms with Gasteiger partial charge in [-0.15, -0.1) is 0 Å². The molecule has 0 unspecified atom stereocenters. The molecule has 146 valence electrons. The Morgan fingerprint density at radius 2 is 1.82 bits per heavy atom. The number of nitrogens with one attached hydrogen (secondary N) is 1. The smallest absolute Gasteiger partial charge is 0.352 e. The SMILES string of the molecule is C=C(C)COc1ccc(/C=C(/NC(=O)c2ccccc2)C(=O)O)cc1OCC. The van der Waals surface area contributed by atoms with Crippen molar-refractivity contribution < 1.29 is 24.2 Å². The van der Waals surface area contributed by atoms with Crippen LogP contribution in [-0.2, 0) is 4.79 Å². The van der Waals surface area contributed by atoms with Crippen LogP contribution in [-0.4, -0.2) is 30.2 Å². The number of carbonyl (C=O) groups excluding carboxylic acids is 1. The van der Waals surface area contributed by atoms with Gasteiger partial charge in [-0.05, 0) is 55.3 Å². The Bertz CT molecular complexity index is 887. The lowest BCUT2D eigenvalue weighted by atomic mass is 10.1. The minimum Gasteiger partial charge on any atom is -0.490 e. The normalized spacial score (nSPS) is 10.9. The summed E-state index contributed by atoms with van der Waals surface area (Å²) in [5.74, 6) is -0.727. The molecule has 0 saturated carbocycles. The first kappa shape index (κ1) is 20.8. The Hall–Kier alpha value is -3.54. The zero-order valence-electron chi connectivity index (χ0n) is 15.9. The third kappa shape index (κ3) is 6.02. The Balaban J connectivity index is 2.27. The van der Waals surface area contributed by atoms with Crippen LogP contribution in [0.2, 0.25) is 0 Å². The molecule has 28 heavy (non-hydrogen) atoms. The van der Waals surface area contributed by atoms with Crippen molar-refractivity contribution in [3.8, 4) is 11.5 Å². The molecule has 1 amide bonds. The molecule has 0 bridgehead atoms. The van der Waals surface area contributed by atoms with E-state index in [1.165, 1.54) is 6.08 Å². The highest BCUT2D eigenvalue weighted by Gasteiger charge is 2.14. The van der Waals surface area contributed by atoms with Gasteiger partial charge in [0.05, 0.1) is 6.61 Å². The maximum atomic E-state index is 12.3. The van der Waals surface area contributed by atoms with Crippen molar-refractivity contribution in [2.24, 2.45) is 0 Å². The molecule has 2 aromatic carbocycles. The molecule has 6 nitrogen and oxygen atoms in total. The lowest BCUT2D eigenvalue weighted by Gasteiger charge is -2.13. The molecule has 0 aliphatic rings. The number of carboxylic acids is 1. The van der Waals surface area contributed by atoms with E-state index in [4.69, 9.17) is 9.47 Å². The number of carbonyl (C=O) groups is 2. The Morgan fingerprint density at radius 3 is 2.43 bits per heavy atom. The van der Waals surface area contributed by atoms with Gasteiger partial charge in [0.25, 0.3) is 5.91 Å². The zero-order chi connectivity index (χ0) is 20.5. The van der Waals surface area contributed by atoms with Gasteiger partial charge in [-0.2, -0.15) is 0 Å². The van der Waals surface area contributed by atoms with Crippen molar-refractivity contribution in [3.63, 3.8) is 0 Å². The molecule has 0 spiro atoms. The fourth-order valence-corrected chi connectivity index (χ4v) is 2.30. The second-order valence-electron chi connectivity index (χ2n) is 6.07. The van der Waals surface area contributed by atoms with Gasteiger partial charge in [-0.1, -0.05) is 30.8 Å². The van der Waals surface area contributed by atoms with Gasteiger partial charge in [-0.25, -0.2) is 4.79 Å². The lowest BCUT2D eigenvalue weighted by molar-refractivity contribution is -0.132. The Labute approximate surface area is 164 Å². The van der Waals surface area contributed by atoms with Gasteiger partial charge in [0.1, 0.15) is 12.3 Å². The predicted octanol–water partition coefficient (Wildman–Crippen LogP) is 3.90. The number of benzene rings is 2. The molecule has 2 rings (SSSR count). The summed E-state index contributed by atoms with van der Waals surface area (Å²) >= 11 is 0. The molecule has 0 radical (unpaired) electrons. The van der Waals surface area contributed by atoms with Crippen LogP contribution in [0.5, 0.6) is 11.5 Å². The summed E-state index contributed by atoms with van der Waals surface area (Å²) in [6, 6.07) is 13.4. The average molecular weight is 381 g/mol. The molecule has 0 aliphatic heterocycles. The first-order chi connectivity index (χ1) is 13.4. The number of carboxylic acid groups (broad SMARTS) is 1. The minimum atomic E-state index is -1.25. The van der Waals surface area contributed by atoms with Crippen molar-refractivity contribution in [1.82, 2.24) is 5.32 Å². The summed E-state index contributed by atoms with van der Waals surface area (Å²) < 4.78 is 11.2. The highest BCUT2D eigenvalue weighted by molar-refractivity contribution is 6.02. The van der Waals surface area contributed by atoms with Gasteiger partial charge in [0.2, 0.25) is 0 Å². The van der Waals surface area contributed by atoms with Gasteiger partial charge >= 0.3 is 5.97 Å². The fraction of sp³-hybridized carbons (Fsp3) is 0.182. The maximum absolute atomic E-state index is 12.3. The summed E-state index contributed by atoms with van der Waals surface area (Å²) in [6.07, 6.45) is 1.37. The molecule has 2 aromatic rings. The van der Waals surface area contributed by atoms with Crippen LogP contribution >= 0.6 is 0 Å². The van der Waals surface area contributed by atoms with E-state index in [-0.39, 0.29) is 5.70 Å². The second-order valence-corrected chi connectivity index (χ2v) is 6.07. The summed E-state index contributed by atoms with van der Waals surface area (Å²) in [4.78, 5) is 23.8. The Kier molecular flexibility index (Phi) is 7.39. The Morgan fingerprint density at radius 1 is 1.11 bits per heavy atom. The van der Waals surface area contributed by atoms with Gasteiger partial charge < -0.3 is 19.9 Å². The van der Waals surface area contributed by atoms with Gasteiger partial charge in [-0.3, -0.25) is 4.79 Å². The predicted molar refractivity (Wildman–Crippen MR) is 107 cm³/mol. The molecule has 0 atom stereocenters. The van der Waals surface area contributed by atoms with Crippen LogP contribution in [0.25, 0.3) is 6.08 Å². The number of amides is 1. The maximum Gasteiger partial charge on any atom is 0.352 e. The first-order valence-corrected chi connectivity index (χ1v) is 8.76. The average Bonchev–Trinajstić information content (AvgIpc) is 2.67. The van der Waals surface area contributed by atoms with Crippen molar-refractivity contribution >= 4 is 18.0 Å². The van der Waals surface area contributed by atoms with Crippen LogP contribution in [0, 0.1) is 0 Å². The third-order valence-corrected chi connectivity index (χ3v) is 3.57. The molecular formula is C22H23NO5. The molecule has 0 fully saturated rings. The van der Waals surface area contributed by atoms with E-state index >= 15 is 0 Å². The molecule has 2 N–H and O–H groups in total. The van der Waals surface area contributed by atoms with Gasteiger partial charge in [0.15, 0.2) is 11.5 Å². The van der Waals surface area contributed by atoms with E-state index in [0.717, 1.165) is 5.57 Å². The molecule has 0 saturated heterocycles. The van der Waals surface area contributed by atoms with Crippen LogP contribution in [0.1, 0.15) is 29.8 Å². The second kappa shape index (κ2) is 9.97. The highest BCUT2D eigenvalue weighted by atomic mass is 16.5. The largest absolute Gasteiger partial charge is 0.490 e. The molecule has 0 aliphatic carbocycles. The molecule has 6 heteroatoms. The van der Waals surface area contributed by atoms with E-state index in [1.54, 1.807) is 48.5 Å². The van der Waals surface area contributed by atoms with Crippen LogP contribution in [0.3, 0.4) is 0 Å². The number of hydrogen-bond donors (Lipinski definition) is 2. The number of ether oxygens (including phenoxy) is 2. The summed E-state index contributed by atoms with van der Waals surface area (Å²) in [5, 5.41) is 11.9. The summed E-state index contributed by atoms with van der Waals surface area (Å²) in [5.41, 5.74) is 1.54. The number of rotatable bonds is 9. The van der Waals surface area contributed by atoms with E-state index in [1.807, 2.05) is 13.8 Å². The third-order valence-electron chi connectivity index (χ3n) is 3.57. The summed E-state index contributed by atoms with van der Waals surface area (Å²) in [6.45, 7) is 8.26. The van der Waals surface area contributed by atoms with Crippen LogP contribution in [0.4, 0.5) is 0 Å². The minimum absolute atomic E-state index is 0.244. The molecular weight excluding hydrogens is 358 g/mol. The molecule has 0 heterocycles. The monoisotopic (exact) mass is 381 g/mol. The van der Waals surface area contributed by atoms with Crippen molar-refractivity contribution in [3.05, 3.63) is 77.5 Å². The molecule has 0 aromatic heterocycles. The fourth-order valence-electron chi connectivity index (χ4n) is 2.30. The van der Waals surface area contributed by atoms with E-state index in [0.29, 0.717) is 35.8 Å². The topological polar surface area (TPSA) is 84.9 Å². The first-order valence-electron chi connectivity index (χ1n) is 8.76. The quantitative estimate of drug-likeness (QED) is 0.508. The lowest BCUT2D eigenvalue weighted by Crippen LogP contribution is -2.27. The van der Waals surface area contributed by atoms with Gasteiger partial charge in [0, 0.05) is 5.56 Å². The van der Waals surface area contributed by atoms with Crippen molar-refractivity contribution in [2.45, 2.75) is 13.8 Å². The number of hydrogen-bond acceptors (Lipinski definition) is 4. The van der Waals surface area contributed by atoms with Crippen molar-refractivity contribution in [1.29, 1.82) is 0 Å². The van der Waals surface area contributed by atoms with Crippen LogP contribution < -0.4 is 14.8 Å². The highest BCUT2D eigenvalue weighted by Crippen LogP contribution is 2.29. The zero-order valence-corrected chi connectivity index (χ0v) is 15.9. The van der Waals surface area contributed by atoms with Crippen molar-refractivity contribution in [2.75, 3.05) is 13.2 Å². The standard InChI is InChI=1S/C22H23NO5/c1-4-27-20-13-16(10-11-19(20)28-14-15(2)3)12-18(22(25)26)23-21(24)17-8-6-5-7-9-17/h5-13H,2,4,14H2,1,3H3,(H,23,24)(H,25,26)/b18-12+. The van der Waals surface area contributed by atoms with Crippen LogP contribution in [0.15, 0.2) is 66.4 Å².